The summed E-state index contributed by atoms with van der Waals surface area (Å²) in [7, 11) is 0. The van der Waals surface area contributed by atoms with Crippen LogP contribution in [0, 0.1) is 19.7 Å². The van der Waals surface area contributed by atoms with Gasteiger partial charge in [-0.05, 0) is 44.6 Å². The number of rotatable bonds is 6. The lowest BCUT2D eigenvalue weighted by atomic mass is 10.1. The van der Waals surface area contributed by atoms with Crippen molar-refractivity contribution < 1.29 is 9.18 Å². The molecule has 1 aliphatic heterocycles. The van der Waals surface area contributed by atoms with Gasteiger partial charge in [0.2, 0.25) is 0 Å². The minimum Gasteiger partial charge on any atom is -0.352 e. The molecule has 0 bridgehead atoms. The Hall–Kier alpha value is -2.58. The third-order valence-corrected chi connectivity index (χ3v) is 7.39. The Kier molecular flexibility index (Phi) is 6.71. The Bertz CT molecular complexity index is 1120. The van der Waals surface area contributed by atoms with Gasteiger partial charge in [0, 0.05) is 31.1 Å². The molecule has 3 heterocycles. The van der Waals surface area contributed by atoms with Crippen molar-refractivity contribution in [3.63, 3.8) is 0 Å². The molecule has 32 heavy (non-hydrogen) atoms. The lowest BCUT2D eigenvalue weighted by molar-refractivity contribution is 0.0742. The van der Waals surface area contributed by atoms with Gasteiger partial charge in [-0.3, -0.25) is 9.69 Å². The number of halogens is 1. The highest BCUT2D eigenvalue weighted by atomic mass is 32.1. The monoisotopic (exact) mass is 455 g/mol. The molecule has 0 saturated carbocycles. The van der Waals surface area contributed by atoms with E-state index < -0.39 is 5.82 Å². The van der Waals surface area contributed by atoms with E-state index in [0.717, 1.165) is 41.5 Å². The van der Waals surface area contributed by atoms with Crippen molar-refractivity contribution in [1.29, 1.82) is 0 Å². The highest BCUT2D eigenvalue weighted by Gasteiger charge is 2.27. The van der Waals surface area contributed by atoms with Crippen molar-refractivity contribution in [3.8, 4) is 0 Å². The Balaban J connectivity index is 1.59. The fraction of sp³-hybridized carbons (Fsp3) is 0.458. The molecule has 1 amide bonds. The fourth-order valence-electron chi connectivity index (χ4n) is 4.14. The molecule has 1 fully saturated rings. The maximum Gasteiger partial charge on any atom is 0.256 e. The molecule has 0 unspecified atom stereocenters. The lowest BCUT2D eigenvalue weighted by Crippen LogP contribution is -2.49. The minimum absolute atomic E-state index is 0.135. The predicted molar refractivity (Wildman–Crippen MR) is 128 cm³/mol. The Labute approximate surface area is 192 Å². The average molecular weight is 456 g/mol. The molecule has 0 atom stereocenters. The van der Waals surface area contributed by atoms with E-state index in [9.17, 15) is 9.18 Å². The van der Waals surface area contributed by atoms with Crippen molar-refractivity contribution in [2.45, 2.75) is 34.2 Å². The van der Waals surface area contributed by atoms with Crippen LogP contribution in [0.15, 0.2) is 24.3 Å². The number of aryl methyl sites for hydroxylation is 2. The van der Waals surface area contributed by atoms with E-state index in [0.29, 0.717) is 26.2 Å². The number of thiophene rings is 1. The summed E-state index contributed by atoms with van der Waals surface area (Å²) in [4.78, 5) is 31.2. The molecule has 8 heteroatoms. The van der Waals surface area contributed by atoms with E-state index in [4.69, 9.17) is 9.97 Å². The van der Waals surface area contributed by atoms with Crippen LogP contribution in [0.4, 0.5) is 10.2 Å². The van der Waals surface area contributed by atoms with Gasteiger partial charge in [0.05, 0.1) is 17.5 Å². The van der Waals surface area contributed by atoms with Crippen LogP contribution in [0.2, 0.25) is 0 Å². The van der Waals surface area contributed by atoms with Crippen LogP contribution in [-0.2, 0) is 6.54 Å². The normalized spacial score (nSPS) is 14.6. The van der Waals surface area contributed by atoms with Crippen LogP contribution in [0.3, 0.4) is 0 Å². The first-order valence-corrected chi connectivity index (χ1v) is 12.0. The fourth-order valence-corrected chi connectivity index (χ4v) is 5.19. The largest absolute Gasteiger partial charge is 0.352 e. The molecular formula is C24H30FN5OS. The van der Waals surface area contributed by atoms with Gasteiger partial charge in [0.15, 0.2) is 0 Å². The van der Waals surface area contributed by atoms with Crippen molar-refractivity contribution in [3.05, 3.63) is 51.9 Å². The van der Waals surface area contributed by atoms with Crippen LogP contribution in [0.5, 0.6) is 0 Å². The van der Waals surface area contributed by atoms with Gasteiger partial charge in [-0.15, -0.1) is 11.3 Å². The number of anilines is 1. The molecule has 2 aromatic heterocycles. The molecule has 3 aromatic rings. The number of amides is 1. The number of aromatic nitrogens is 2. The Morgan fingerprint density at radius 3 is 2.44 bits per heavy atom. The van der Waals surface area contributed by atoms with Crippen molar-refractivity contribution in [1.82, 2.24) is 19.8 Å². The van der Waals surface area contributed by atoms with Crippen LogP contribution >= 0.6 is 11.3 Å². The summed E-state index contributed by atoms with van der Waals surface area (Å²) in [5.41, 5.74) is 1.36. The van der Waals surface area contributed by atoms with Crippen LogP contribution < -0.4 is 4.90 Å². The van der Waals surface area contributed by atoms with E-state index in [2.05, 4.69) is 37.5 Å². The second-order valence-electron chi connectivity index (χ2n) is 8.15. The highest BCUT2D eigenvalue weighted by molar-refractivity contribution is 7.18. The third kappa shape index (κ3) is 4.34. The van der Waals surface area contributed by atoms with Gasteiger partial charge in [0.25, 0.3) is 5.91 Å². The summed E-state index contributed by atoms with van der Waals surface area (Å²) in [6.07, 6.45) is 0. The van der Waals surface area contributed by atoms with Gasteiger partial charge in [-0.1, -0.05) is 26.0 Å². The molecule has 0 aliphatic carbocycles. The second-order valence-corrected chi connectivity index (χ2v) is 9.35. The summed E-state index contributed by atoms with van der Waals surface area (Å²) in [6, 6.07) is 6.18. The van der Waals surface area contributed by atoms with Crippen molar-refractivity contribution in [2.24, 2.45) is 0 Å². The Morgan fingerprint density at radius 2 is 1.78 bits per heavy atom. The topological polar surface area (TPSA) is 52.6 Å². The van der Waals surface area contributed by atoms with Crippen LogP contribution in [0.1, 0.15) is 40.5 Å². The summed E-state index contributed by atoms with van der Waals surface area (Å²) in [5.74, 6) is 1.07. The molecule has 0 radical (unpaired) electrons. The maximum absolute atomic E-state index is 14.1. The first-order chi connectivity index (χ1) is 15.4. The number of fused-ring (bicyclic) bond motifs is 1. The molecule has 0 N–H and O–H groups in total. The molecule has 4 rings (SSSR count). The standard InChI is InChI=1S/C24H30FN5OS/c1-5-28(6-2)15-20-26-22(21-16(3)17(4)32-23(21)27-20)29-11-13-30(14-12-29)24(31)18-9-7-8-10-19(18)25/h7-10H,5-6,11-15H2,1-4H3. The predicted octanol–water partition coefficient (Wildman–Crippen LogP) is 4.25. The minimum atomic E-state index is -0.470. The highest BCUT2D eigenvalue weighted by Crippen LogP contribution is 2.35. The van der Waals surface area contributed by atoms with Gasteiger partial charge in [-0.25, -0.2) is 14.4 Å². The number of hydrogen-bond donors (Lipinski definition) is 0. The Morgan fingerprint density at radius 1 is 1.09 bits per heavy atom. The van der Waals surface area contributed by atoms with Gasteiger partial charge in [0.1, 0.15) is 22.3 Å². The molecule has 1 aromatic carbocycles. The van der Waals surface area contributed by atoms with E-state index in [1.165, 1.54) is 16.5 Å². The maximum atomic E-state index is 14.1. The third-order valence-electron chi connectivity index (χ3n) is 6.29. The first-order valence-electron chi connectivity index (χ1n) is 11.2. The molecule has 170 valence electrons. The van der Waals surface area contributed by atoms with Gasteiger partial charge < -0.3 is 9.80 Å². The number of carbonyl (C=O) groups excluding carboxylic acids is 1. The number of piperazine rings is 1. The average Bonchev–Trinajstić information content (AvgIpc) is 3.10. The summed E-state index contributed by atoms with van der Waals surface area (Å²) < 4.78 is 14.1. The van der Waals surface area contributed by atoms with Crippen LogP contribution in [0.25, 0.3) is 10.2 Å². The van der Waals surface area contributed by atoms with E-state index >= 15 is 0 Å². The number of hydrogen-bond acceptors (Lipinski definition) is 6. The number of carbonyl (C=O) groups is 1. The smallest absolute Gasteiger partial charge is 0.256 e. The summed E-state index contributed by atoms with van der Waals surface area (Å²) in [5, 5.41) is 1.12. The number of nitrogens with zero attached hydrogens (tertiary/aromatic N) is 5. The first kappa shape index (κ1) is 22.6. The molecule has 1 saturated heterocycles. The molecule has 1 aliphatic rings. The van der Waals surface area contributed by atoms with E-state index in [1.807, 2.05) is 0 Å². The SMILES string of the molecule is CCN(CC)Cc1nc(N2CCN(C(=O)c3ccccc3F)CC2)c2c(C)c(C)sc2n1. The van der Waals surface area contributed by atoms with Gasteiger partial charge >= 0.3 is 0 Å². The zero-order valence-corrected chi connectivity index (χ0v) is 20.0. The molecule has 0 spiro atoms. The van der Waals surface area contributed by atoms with Crippen LogP contribution in [-0.4, -0.2) is 64.9 Å². The summed E-state index contributed by atoms with van der Waals surface area (Å²) >= 11 is 1.72. The lowest BCUT2D eigenvalue weighted by Gasteiger charge is -2.36. The molecular weight excluding hydrogens is 425 g/mol. The summed E-state index contributed by atoms with van der Waals surface area (Å²) in [6.45, 7) is 13.6. The number of benzene rings is 1. The van der Waals surface area contributed by atoms with Gasteiger partial charge in [-0.2, -0.15) is 0 Å². The molecule has 6 nitrogen and oxygen atoms in total. The zero-order valence-electron chi connectivity index (χ0n) is 19.2. The second kappa shape index (κ2) is 9.50. The van der Waals surface area contributed by atoms with E-state index in [1.54, 1.807) is 34.4 Å². The van der Waals surface area contributed by atoms with E-state index in [-0.39, 0.29) is 11.5 Å². The quantitative estimate of drug-likeness (QED) is 0.556. The zero-order chi connectivity index (χ0) is 22.8. The van der Waals surface area contributed by atoms with Crippen molar-refractivity contribution in [2.75, 3.05) is 44.2 Å². The van der Waals surface area contributed by atoms with Crippen molar-refractivity contribution >= 4 is 33.3 Å².